The molecule has 3 nitrogen and oxygen atoms in total. The Balaban J connectivity index is 2.60. The largest absolute Gasteiger partial charge is 0.396 e. The van der Waals surface area contributed by atoms with Crippen LogP contribution in [0.4, 0.5) is 8.78 Å². The molecule has 1 aromatic rings. The van der Waals surface area contributed by atoms with E-state index in [-0.39, 0.29) is 17.6 Å². The maximum atomic E-state index is 13.0. The van der Waals surface area contributed by atoms with Gasteiger partial charge in [-0.1, -0.05) is 13.8 Å². The number of benzene rings is 1. The Kier molecular flexibility index (Phi) is 5.42. The third-order valence-electron chi connectivity index (χ3n) is 2.86. The zero-order chi connectivity index (χ0) is 14.5. The summed E-state index contributed by atoms with van der Waals surface area (Å²) in [6, 6.07) is 2.72. The molecule has 19 heavy (non-hydrogen) atoms. The number of aliphatic hydroxyl groups excluding tert-OH is 1. The predicted molar refractivity (Wildman–Crippen MR) is 68.8 cm³/mol. The van der Waals surface area contributed by atoms with Gasteiger partial charge in [-0.3, -0.25) is 4.79 Å². The van der Waals surface area contributed by atoms with E-state index in [0.29, 0.717) is 13.0 Å². The molecular weight excluding hydrogens is 252 g/mol. The first kappa shape index (κ1) is 15.6. The Morgan fingerprint density at radius 3 is 2.37 bits per heavy atom. The van der Waals surface area contributed by atoms with Crippen molar-refractivity contribution >= 4 is 5.91 Å². The molecule has 0 unspecified atom stereocenters. The van der Waals surface area contributed by atoms with Crippen molar-refractivity contribution in [3.63, 3.8) is 0 Å². The van der Waals surface area contributed by atoms with Crippen LogP contribution >= 0.6 is 0 Å². The molecule has 0 bridgehead atoms. The van der Waals surface area contributed by atoms with E-state index in [1.54, 1.807) is 0 Å². The summed E-state index contributed by atoms with van der Waals surface area (Å²) >= 11 is 0. The number of amides is 1. The number of halogens is 2. The van der Waals surface area contributed by atoms with Gasteiger partial charge >= 0.3 is 0 Å². The molecule has 0 heterocycles. The highest BCUT2D eigenvalue weighted by Crippen LogP contribution is 2.21. The standard InChI is InChI=1S/C14H19F2NO2/c1-14(2,4-3-5-18)9-17-13(19)10-6-11(15)8-12(16)7-10/h6-8,18H,3-5,9H2,1-2H3,(H,17,19). The van der Waals surface area contributed by atoms with Gasteiger partial charge in [0.25, 0.3) is 5.91 Å². The minimum Gasteiger partial charge on any atom is -0.396 e. The lowest BCUT2D eigenvalue weighted by molar-refractivity contribution is 0.0932. The van der Waals surface area contributed by atoms with Crippen molar-refractivity contribution < 1.29 is 18.7 Å². The zero-order valence-corrected chi connectivity index (χ0v) is 11.2. The summed E-state index contributed by atoms with van der Waals surface area (Å²) in [7, 11) is 0. The molecule has 0 radical (unpaired) electrons. The summed E-state index contributed by atoms with van der Waals surface area (Å²) in [4.78, 5) is 11.8. The Bertz CT molecular complexity index is 427. The second-order valence-corrected chi connectivity index (χ2v) is 5.33. The highest BCUT2D eigenvalue weighted by molar-refractivity contribution is 5.94. The van der Waals surface area contributed by atoms with Crippen molar-refractivity contribution in [3.8, 4) is 0 Å². The predicted octanol–water partition coefficient (Wildman–Crippen LogP) is 2.49. The first-order chi connectivity index (χ1) is 8.84. The lowest BCUT2D eigenvalue weighted by atomic mass is 9.88. The summed E-state index contributed by atoms with van der Waals surface area (Å²) in [6.45, 7) is 4.39. The van der Waals surface area contributed by atoms with E-state index in [0.717, 1.165) is 24.6 Å². The van der Waals surface area contributed by atoms with Crippen molar-refractivity contribution in [3.05, 3.63) is 35.4 Å². The van der Waals surface area contributed by atoms with Gasteiger partial charge in [-0.05, 0) is 30.4 Å². The molecule has 0 atom stereocenters. The number of hydrogen-bond acceptors (Lipinski definition) is 2. The third-order valence-corrected chi connectivity index (χ3v) is 2.86. The topological polar surface area (TPSA) is 49.3 Å². The Labute approximate surface area is 111 Å². The van der Waals surface area contributed by atoms with Crippen LogP contribution in [-0.4, -0.2) is 24.2 Å². The minimum absolute atomic E-state index is 0.0320. The maximum Gasteiger partial charge on any atom is 0.251 e. The van der Waals surface area contributed by atoms with Gasteiger partial charge in [-0.2, -0.15) is 0 Å². The minimum atomic E-state index is -0.773. The maximum absolute atomic E-state index is 13.0. The van der Waals surface area contributed by atoms with Crippen molar-refractivity contribution in [2.75, 3.05) is 13.2 Å². The first-order valence-corrected chi connectivity index (χ1v) is 6.19. The number of aliphatic hydroxyl groups is 1. The number of carbonyl (C=O) groups is 1. The SMILES string of the molecule is CC(C)(CCCO)CNC(=O)c1cc(F)cc(F)c1. The van der Waals surface area contributed by atoms with Gasteiger partial charge in [0.05, 0.1) is 0 Å². The molecule has 2 N–H and O–H groups in total. The lowest BCUT2D eigenvalue weighted by Crippen LogP contribution is -2.34. The van der Waals surface area contributed by atoms with Crippen molar-refractivity contribution in [2.24, 2.45) is 5.41 Å². The molecule has 0 saturated heterocycles. The first-order valence-electron chi connectivity index (χ1n) is 6.19. The molecule has 1 aromatic carbocycles. The monoisotopic (exact) mass is 271 g/mol. The van der Waals surface area contributed by atoms with E-state index < -0.39 is 17.5 Å². The molecule has 106 valence electrons. The van der Waals surface area contributed by atoms with Gasteiger partial charge in [-0.15, -0.1) is 0 Å². The molecule has 0 saturated carbocycles. The van der Waals surface area contributed by atoms with Crippen molar-refractivity contribution in [1.29, 1.82) is 0 Å². The van der Waals surface area contributed by atoms with E-state index in [1.165, 1.54) is 0 Å². The van der Waals surface area contributed by atoms with E-state index in [1.807, 2.05) is 13.8 Å². The van der Waals surface area contributed by atoms with Gasteiger partial charge < -0.3 is 10.4 Å². The molecule has 0 aliphatic rings. The van der Waals surface area contributed by atoms with Gasteiger partial charge in [0.1, 0.15) is 11.6 Å². The fourth-order valence-corrected chi connectivity index (χ4v) is 1.75. The summed E-state index contributed by atoms with van der Waals surface area (Å²) in [5.74, 6) is -2.05. The van der Waals surface area contributed by atoms with Crippen LogP contribution in [-0.2, 0) is 0 Å². The van der Waals surface area contributed by atoms with Gasteiger partial charge in [0.2, 0.25) is 0 Å². The number of rotatable bonds is 6. The molecular formula is C14H19F2NO2. The second-order valence-electron chi connectivity index (χ2n) is 5.33. The molecule has 0 fully saturated rings. The quantitative estimate of drug-likeness (QED) is 0.835. The van der Waals surface area contributed by atoms with Crippen LogP contribution in [0, 0.1) is 17.0 Å². The van der Waals surface area contributed by atoms with Crippen LogP contribution in [0.15, 0.2) is 18.2 Å². The summed E-state index contributed by atoms with van der Waals surface area (Å²) in [5, 5.41) is 11.4. The molecule has 5 heteroatoms. The normalized spacial score (nSPS) is 11.4. The number of nitrogens with one attached hydrogen (secondary N) is 1. The van der Waals surface area contributed by atoms with Gasteiger partial charge in [0.15, 0.2) is 0 Å². The molecule has 0 spiro atoms. The lowest BCUT2D eigenvalue weighted by Gasteiger charge is -2.24. The third kappa shape index (κ3) is 5.34. The average Bonchev–Trinajstić information content (AvgIpc) is 2.32. The fraction of sp³-hybridized carbons (Fsp3) is 0.500. The Hall–Kier alpha value is -1.49. The van der Waals surface area contributed by atoms with E-state index in [4.69, 9.17) is 5.11 Å². The second kappa shape index (κ2) is 6.61. The molecule has 0 aliphatic carbocycles. The highest BCUT2D eigenvalue weighted by Gasteiger charge is 2.19. The van der Waals surface area contributed by atoms with Crippen LogP contribution < -0.4 is 5.32 Å². The van der Waals surface area contributed by atoms with E-state index in [9.17, 15) is 13.6 Å². The summed E-state index contributed by atoms with van der Waals surface area (Å²) in [6.07, 6.45) is 1.40. The average molecular weight is 271 g/mol. The smallest absolute Gasteiger partial charge is 0.251 e. The van der Waals surface area contributed by atoms with Crippen LogP contribution in [0.2, 0.25) is 0 Å². The summed E-state index contributed by atoms with van der Waals surface area (Å²) < 4.78 is 26.0. The van der Waals surface area contributed by atoms with Crippen LogP contribution in [0.5, 0.6) is 0 Å². The van der Waals surface area contributed by atoms with Crippen molar-refractivity contribution in [2.45, 2.75) is 26.7 Å². The Morgan fingerprint density at radius 2 is 1.84 bits per heavy atom. The zero-order valence-electron chi connectivity index (χ0n) is 11.2. The summed E-state index contributed by atoms with van der Waals surface area (Å²) in [5.41, 5.74) is -0.208. The van der Waals surface area contributed by atoms with E-state index in [2.05, 4.69) is 5.32 Å². The molecule has 1 rings (SSSR count). The van der Waals surface area contributed by atoms with Gasteiger partial charge in [-0.25, -0.2) is 8.78 Å². The molecule has 1 amide bonds. The highest BCUT2D eigenvalue weighted by atomic mass is 19.1. The Morgan fingerprint density at radius 1 is 1.26 bits per heavy atom. The van der Waals surface area contributed by atoms with E-state index >= 15 is 0 Å². The van der Waals surface area contributed by atoms with Crippen LogP contribution in [0.3, 0.4) is 0 Å². The molecule has 0 aliphatic heterocycles. The number of carbonyl (C=O) groups excluding carboxylic acids is 1. The number of hydrogen-bond donors (Lipinski definition) is 2. The van der Waals surface area contributed by atoms with Crippen molar-refractivity contribution in [1.82, 2.24) is 5.32 Å². The molecule has 0 aromatic heterocycles. The van der Waals surface area contributed by atoms with Gasteiger partial charge in [0, 0.05) is 24.8 Å². The van der Waals surface area contributed by atoms with Crippen LogP contribution in [0.1, 0.15) is 37.0 Å². The van der Waals surface area contributed by atoms with Crippen LogP contribution in [0.25, 0.3) is 0 Å². The fourth-order valence-electron chi connectivity index (χ4n) is 1.75.